The molecule has 0 radical (unpaired) electrons. The standard InChI is InChI=1S/C48H30FN/c49-41-21-19-34-23-33(15-16-36(34)26-41)35-20-22-43-37(24-35)17-18-38-29-48-46(30-45(38)43)44-13-7-8-14-47(44)50(48)42-27-39(31-9-3-1-4-10-31)25-40(28-42)32-11-5-2-6-12-32/h1-30H. The average Bonchev–Trinajstić information content (AvgIpc) is 3.50. The van der Waals surface area contributed by atoms with Crippen LogP contribution in [0, 0.1) is 5.82 Å². The van der Waals surface area contributed by atoms with Crippen LogP contribution in [0.25, 0.3) is 93.2 Å². The normalized spacial score (nSPS) is 11.7. The number of aromatic nitrogens is 1. The van der Waals surface area contributed by atoms with Gasteiger partial charge in [0.05, 0.1) is 11.0 Å². The molecule has 0 N–H and O–H groups in total. The quantitative estimate of drug-likeness (QED) is 0.169. The highest BCUT2D eigenvalue weighted by molar-refractivity contribution is 6.18. The van der Waals surface area contributed by atoms with Crippen molar-refractivity contribution in [1.82, 2.24) is 4.57 Å². The van der Waals surface area contributed by atoms with Crippen molar-refractivity contribution >= 4 is 54.1 Å². The first-order chi connectivity index (χ1) is 24.7. The molecule has 0 aliphatic heterocycles. The van der Waals surface area contributed by atoms with Gasteiger partial charge >= 0.3 is 0 Å². The Morgan fingerprint density at radius 2 is 0.880 bits per heavy atom. The topological polar surface area (TPSA) is 4.93 Å². The number of benzene rings is 9. The highest BCUT2D eigenvalue weighted by atomic mass is 19.1. The number of para-hydroxylation sites is 1. The molecule has 10 aromatic rings. The summed E-state index contributed by atoms with van der Waals surface area (Å²) in [6.07, 6.45) is 0. The smallest absolute Gasteiger partial charge is 0.123 e. The van der Waals surface area contributed by atoms with Crippen LogP contribution in [0.3, 0.4) is 0 Å². The lowest BCUT2D eigenvalue weighted by Crippen LogP contribution is -1.96. The van der Waals surface area contributed by atoms with Crippen LogP contribution in [0.4, 0.5) is 4.39 Å². The van der Waals surface area contributed by atoms with Crippen LogP contribution < -0.4 is 0 Å². The van der Waals surface area contributed by atoms with E-state index in [2.05, 4.69) is 162 Å². The number of fused-ring (bicyclic) bond motifs is 7. The minimum absolute atomic E-state index is 0.210. The fraction of sp³-hybridized carbons (Fsp3) is 0. The van der Waals surface area contributed by atoms with E-state index in [4.69, 9.17) is 0 Å². The van der Waals surface area contributed by atoms with Gasteiger partial charge in [-0.25, -0.2) is 4.39 Å². The van der Waals surface area contributed by atoms with Gasteiger partial charge in [-0.05, 0) is 126 Å². The second-order valence-electron chi connectivity index (χ2n) is 13.2. The van der Waals surface area contributed by atoms with Crippen molar-refractivity contribution in [2.45, 2.75) is 0 Å². The fourth-order valence-electron chi connectivity index (χ4n) is 7.72. The molecule has 0 aliphatic carbocycles. The molecule has 1 aromatic heterocycles. The maximum Gasteiger partial charge on any atom is 0.123 e. The summed E-state index contributed by atoms with van der Waals surface area (Å²) < 4.78 is 16.2. The molecule has 0 unspecified atom stereocenters. The number of hydrogen-bond donors (Lipinski definition) is 0. The summed E-state index contributed by atoms with van der Waals surface area (Å²) in [5.74, 6) is -0.210. The van der Waals surface area contributed by atoms with Crippen LogP contribution >= 0.6 is 0 Å². The van der Waals surface area contributed by atoms with Gasteiger partial charge in [0.15, 0.2) is 0 Å². The minimum atomic E-state index is -0.210. The van der Waals surface area contributed by atoms with Gasteiger partial charge in [0.1, 0.15) is 5.82 Å². The SMILES string of the molecule is Fc1ccc2cc(-c3ccc4c(ccc5cc6c(cc54)c4ccccc4n6-c4cc(-c5ccccc5)cc(-c5ccccc5)c4)c3)ccc2c1. The third kappa shape index (κ3) is 4.69. The van der Waals surface area contributed by atoms with Crippen LogP contribution in [0.2, 0.25) is 0 Å². The average molecular weight is 640 g/mol. The third-order valence-corrected chi connectivity index (χ3v) is 10.2. The van der Waals surface area contributed by atoms with Crippen molar-refractivity contribution < 1.29 is 4.39 Å². The van der Waals surface area contributed by atoms with Gasteiger partial charge in [0.25, 0.3) is 0 Å². The van der Waals surface area contributed by atoms with Gasteiger partial charge in [-0.3, -0.25) is 0 Å². The molecule has 0 atom stereocenters. The molecule has 1 nitrogen and oxygen atoms in total. The zero-order valence-corrected chi connectivity index (χ0v) is 27.1. The Morgan fingerprint density at radius 3 is 1.62 bits per heavy atom. The zero-order valence-electron chi connectivity index (χ0n) is 27.1. The molecule has 2 heteroatoms. The predicted octanol–water partition coefficient (Wildman–Crippen LogP) is 13.4. The highest BCUT2D eigenvalue weighted by Crippen LogP contribution is 2.40. The Labute approximate surface area is 289 Å². The molecule has 1 heterocycles. The molecule has 0 bridgehead atoms. The van der Waals surface area contributed by atoms with Gasteiger partial charge in [0.2, 0.25) is 0 Å². The van der Waals surface area contributed by atoms with Crippen molar-refractivity contribution in [3.63, 3.8) is 0 Å². The molecule has 10 rings (SSSR count). The third-order valence-electron chi connectivity index (χ3n) is 10.2. The van der Waals surface area contributed by atoms with E-state index in [1.54, 1.807) is 6.07 Å². The van der Waals surface area contributed by atoms with Crippen LogP contribution in [0.5, 0.6) is 0 Å². The molecule has 0 aliphatic rings. The molecule has 50 heavy (non-hydrogen) atoms. The van der Waals surface area contributed by atoms with Crippen LogP contribution in [-0.2, 0) is 0 Å². The molecule has 0 saturated heterocycles. The van der Waals surface area contributed by atoms with Crippen LogP contribution in [-0.4, -0.2) is 4.57 Å². The largest absolute Gasteiger partial charge is 0.309 e. The van der Waals surface area contributed by atoms with Gasteiger partial charge in [-0.2, -0.15) is 0 Å². The Morgan fingerprint density at radius 1 is 0.300 bits per heavy atom. The minimum Gasteiger partial charge on any atom is -0.309 e. The summed E-state index contributed by atoms with van der Waals surface area (Å²) in [5.41, 5.74) is 10.5. The molecule has 0 saturated carbocycles. The summed E-state index contributed by atoms with van der Waals surface area (Å²) in [4.78, 5) is 0. The molecule has 0 amide bonds. The first kappa shape index (κ1) is 28.5. The lowest BCUT2D eigenvalue weighted by atomic mass is 9.95. The fourth-order valence-corrected chi connectivity index (χ4v) is 7.72. The Bertz CT molecular complexity index is 2860. The van der Waals surface area contributed by atoms with Gasteiger partial charge < -0.3 is 4.57 Å². The Hall–Kier alpha value is -6.51. The predicted molar refractivity (Wildman–Crippen MR) is 210 cm³/mol. The molecule has 9 aromatic carbocycles. The van der Waals surface area contributed by atoms with E-state index < -0.39 is 0 Å². The van der Waals surface area contributed by atoms with Crippen LogP contribution in [0.1, 0.15) is 0 Å². The van der Waals surface area contributed by atoms with E-state index in [-0.39, 0.29) is 5.82 Å². The summed E-state index contributed by atoms with van der Waals surface area (Å²) in [7, 11) is 0. The van der Waals surface area contributed by atoms with E-state index in [0.717, 1.165) is 27.6 Å². The first-order valence-corrected chi connectivity index (χ1v) is 17.0. The number of nitrogens with zero attached hydrogens (tertiary/aromatic N) is 1. The number of halogens is 1. The van der Waals surface area contributed by atoms with Crippen molar-refractivity contribution in [2.24, 2.45) is 0 Å². The molecular weight excluding hydrogens is 610 g/mol. The summed E-state index contributed by atoms with van der Waals surface area (Å²) in [5, 5.41) is 9.28. The number of hydrogen-bond acceptors (Lipinski definition) is 0. The Balaban J connectivity index is 1.18. The van der Waals surface area contributed by atoms with Gasteiger partial charge in [-0.1, -0.05) is 121 Å². The molecule has 0 fully saturated rings. The lowest BCUT2D eigenvalue weighted by Gasteiger charge is -2.14. The molecule has 0 spiro atoms. The molecule has 234 valence electrons. The Kier molecular flexibility index (Phi) is 6.43. The van der Waals surface area contributed by atoms with Crippen molar-refractivity contribution in [2.75, 3.05) is 0 Å². The van der Waals surface area contributed by atoms with Crippen LogP contribution in [0.15, 0.2) is 182 Å². The molecular formula is C48H30FN. The van der Waals surface area contributed by atoms with E-state index in [1.807, 2.05) is 12.1 Å². The highest BCUT2D eigenvalue weighted by Gasteiger charge is 2.16. The van der Waals surface area contributed by atoms with E-state index >= 15 is 0 Å². The van der Waals surface area contributed by atoms with E-state index in [1.165, 1.54) is 71.7 Å². The zero-order chi connectivity index (χ0) is 33.2. The maximum atomic E-state index is 13.8. The summed E-state index contributed by atoms with van der Waals surface area (Å²) >= 11 is 0. The van der Waals surface area contributed by atoms with Crippen molar-refractivity contribution in [1.29, 1.82) is 0 Å². The summed E-state index contributed by atoms with van der Waals surface area (Å²) in [6.45, 7) is 0. The van der Waals surface area contributed by atoms with E-state index in [0.29, 0.717) is 0 Å². The lowest BCUT2D eigenvalue weighted by molar-refractivity contribution is 0.630. The monoisotopic (exact) mass is 639 g/mol. The van der Waals surface area contributed by atoms with Crippen molar-refractivity contribution in [3.05, 3.63) is 188 Å². The maximum absolute atomic E-state index is 13.8. The number of rotatable bonds is 4. The first-order valence-electron chi connectivity index (χ1n) is 17.0. The van der Waals surface area contributed by atoms with Gasteiger partial charge in [0, 0.05) is 16.5 Å². The van der Waals surface area contributed by atoms with Crippen molar-refractivity contribution in [3.8, 4) is 39.1 Å². The van der Waals surface area contributed by atoms with E-state index in [9.17, 15) is 4.39 Å². The summed E-state index contributed by atoms with van der Waals surface area (Å²) in [6, 6.07) is 64.2. The second kappa shape index (κ2) is 11.3. The second-order valence-corrected chi connectivity index (χ2v) is 13.2. The van der Waals surface area contributed by atoms with Gasteiger partial charge in [-0.15, -0.1) is 0 Å².